The third kappa shape index (κ3) is 4.92. The van der Waals surface area contributed by atoms with E-state index in [-0.39, 0.29) is 23.7 Å². The van der Waals surface area contributed by atoms with Gasteiger partial charge in [0.05, 0.1) is 18.1 Å². The maximum atomic E-state index is 13.0. The van der Waals surface area contributed by atoms with Crippen LogP contribution in [0.15, 0.2) is 35.6 Å². The Kier molecular flexibility index (Phi) is 6.48. The third-order valence-corrected chi connectivity index (χ3v) is 6.13. The number of nitrogens with one attached hydrogen (secondary N) is 3. The van der Waals surface area contributed by atoms with Crippen LogP contribution in [0.2, 0.25) is 0 Å². The second-order valence-corrected chi connectivity index (χ2v) is 8.55. The Hall–Kier alpha value is -3.62. The fourth-order valence-electron chi connectivity index (χ4n) is 4.18. The Morgan fingerprint density at radius 2 is 1.94 bits per heavy atom. The molecule has 1 atom stereocenters. The van der Waals surface area contributed by atoms with Crippen molar-refractivity contribution in [3.8, 4) is 0 Å². The molecule has 2 aliphatic rings. The number of benzene rings is 1. The summed E-state index contributed by atoms with van der Waals surface area (Å²) in [5.41, 5.74) is 1.13. The van der Waals surface area contributed by atoms with Crippen molar-refractivity contribution in [1.82, 2.24) is 9.97 Å². The molecule has 1 saturated heterocycles. The van der Waals surface area contributed by atoms with Crippen molar-refractivity contribution in [2.75, 3.05) is 35.2 Å². The Morgan fingerprint density at radius 1 is 1.24 bits per heavy atom. The van der Waals surface area contributed by atoms with Gasteiger partial charge in [0.2, 0.25) is 17.8 Å². The molecular weight excluding hydrogens is 422 g/mol. The van der Waals surface area contributed by atoms with Crippen LogP contribution in [0.25, 0.3) is 5.76 Å². The maximum Gasteiger partial charge on any atom is 0.258 e. The van der Waals surface area contributed by atoms with Crippen LogP contribution in [0.1, 0.15) is 50.2 Å². The standard InChI is InChI=1S/C24H29N5O4/c1-4-33-15(3)16-5-7-17(8-6-16)25-22(31)18-13-19(30)26-21-20(18)23(32)28-24(27-21)29-11-9-14(2)10-12-29/h5-8,14,18H,3-4,9-13H2,1-2H3,(H,25,31)(H2,26,27,28,30,32)/t18-/m0/s1. The van der Waals surface area contributed by atoms with Crippen LogP contribution in [0.4, 0.5) is 17.5 Å². The number of rotatable bonds is 6. The molecule has 9 heteroatoms. The maximum absolute atomic E-state index is 13.0. The number of H-pyrrole nitrogens is 1. The van der Waals surface area contributed by atoms with Gasteiger partial charge in [-0.15, -0.1) is 0 Å². The number of carbonyl (C=O) groups is 2. The molecule has 3 heterocycles. The van der Waals surface area contributed by atoms with E-state index in [0.717, 1.165) is 31.5 Å². The highest BCUT2D eigenvalue weighted by Crippen LogP contribution is 2.31. The van der Waals surface area contributed by atoms with Gasteiger partial charge in [0, 0.05) is 30.8 Å². The molecule has 1 aromatic heterocycles. The molecule has 4 rings (SSSR count). The summed E-state index contributed by atoms with van der Waals surface area (Å²) < 4.78 is 5.39. The minimum absolute atomic E-state index is 0.122. The molecule has 2 aromatic rings. The first-order chi connectivity index (χ1) is 15.9. The van der Waals surface area contributed by atoms with Crippen molar-refractivity contribution in [1.29, 1.82) is 0 Å². The number of aromatic amines is 1. The number of fused-ring (bicyclic) bond motifs is 1. The zero-order valence-corrected chi connectivity index (χ0v) is 18.9. The summed E-state index contributed by atoms with van der Waals surface area (Å²) >= 11 is 0. The van der Waals surface area contributed by atoms with E-state index in [4.69, 9.17) is 4.74 Å². The largest absolute Gasteiger partial charge is 0.494 e. The Bertz CT molecular complexity index is 1120. The predicted molar refractivity (Wildman–Crippen MR) is 127 cm³/mol. The van der Waals surface area contributed by atoms with E-state index in [2.05, 4.69) is 34.1 Å². The first-order valence-corrected chi connectivity index (χ1v) is 11.3. The SMILES string of the molecule is C=C(OCC)c1ccc(NC(=O)[C@H]2CC(=O)Nc3nc(N4CCC(C)CC4)[nH]c(=O)c32)cc1. The molecule has 0 radical (unpaired) electrons. The number of amides is 2. The van der Waals surface area contributed by atoms with Crippen LogP contribution in [0.5, 0.6) is 0 Å². The molecule has 2 aliphatic heterocycles. The van der Waals surface area contributed by atoms with E-state index in [1.807, 2.05) is 11.8 Å². The molecule has 9 nitrogen and oxygen atoms in total. The highest BCUT2D eigenvalue weighted by Gasteiger charge is 2.35. The van der Waals surface area contributed by atoms with E-state index in [1.54, 1.807) is 24.3 Å². The van der Waals surface area contributed by atoms with Crippen molar-refractivity contribution in [2.45, 2.75) is 39.0 Å². The van der Waals surface area contributed by atoms with Crippen molar-refractivity contribution >= 4 is 35.0 Å². The van der Waals surface area contributed by atoms with E-state index in [1.165, 1.54) is 0 Å². The first kappa shape index (κ1) is 22.6. The minimum atomic E-state index is -0.932. The second-order valence-electron chi connectivity index (χ2n) is 8.55. The number of hydrogen-bond acceptors (Lipinski definition) is 6. The molecular formula is C24H29N5O4. The normalized spacial score (nSPS) is 18.3. The number of ether oxygens (including phenoxy) is 1. The molecule has 0 bridgehead atoms. The van der Waals surface area contributed by atoms with E-state index >= 15 is 0 Å². The number of anilines is 3. The molecule has 1 aromatic carbocycles. The fraction of sp³-hybridized carbons (Fsp3) is 0.417. The predicted octanol–water partition coefficient (Wildman–Crippen LogP) is 3.08. The summed E-state index contributed by atoms with van der Waals surface area (Å²) in [4.78, 5) is 47.7. The fourth-order valence-corrected chi connectivity index (χ4v) is 4.18. The highest BCUT2D eigenvalue weighted by atomic mass is 16.5. The molecule has 2 amide bonds. The Morgan fingerprint density at radius 3 is 2.61 bits per heavy atom. The van der Waals surface area contributed by atoms with E-state index < -0.39 is 17.4 Å². The summed E-state index contributed by atoms with van der Waals surface area (Å²) in [6, 6.07) is 7.03. The van der Waals surface area contributed by atoms with E-state index in [0.29, 0.717) is 29.9 Å². The van der Waals surface area contributed by atoms with Crippen molar-refractivity contribution in [3.63, 3.8) is 0 Å². The molecule has 0 aliphatic carbocycles. The van der Waals surface area contributed by atoms with Gasteiger partial charge in [-0.25, -0.2) is 0 Å². The number of carbonyl (C=O) groups excluding carboxylic acids is 2. The van der Waals surface area contributed by atoms with Gasteiger partial charge < -0.3 is 20.3 Å². The van der Waals surface area contributed by atoms with E-state index in [9.17, 15) is 14.4 Å². The number of nitrogens with zero attached hydrogens (tertiary/aromatic N) is 2. The number of hydrogen-bond donors (Lipinski definition) is 3. The van der Waals surface area contributed by atoms with Crippen LogP contribution in [0, 0.1) is 5.92 Å². The van der Waals surface area contributed by atoms with Gasteiger partial charge in [0.1, 0.15) is 11.6 Å². The lowest BCUT2D eigenvalue weighted by atomic mass is 9.92. The van der Waals surface area contributed by atoms with Gasteiger partial charge in [-0.3, -0.25) is 19.4 Å². The Labute approximate surface area is 192 Å². The number of aromatic nitrogens is 2. The quantitative estimate of drug-likeness (QED) is 0.581. The molecule has 174 valence electrons. The van der Waals surface area contributed by atoms with Crippen LogP contribution >= 0.6 is 0 Å². The average Bonchev–Trinajstić information content (AvgIpc) is 2.79. The summed E-state index contributed by atoms with van der Waals surface area (Å²) in [5.74, 6) is 0.0499. The lowest BCUT2D eigenvalue weighted by Crippen LogP contribution is -2.39. The molecule has 0 unspecified atom stereocenters. The van der Waals surface area contributed by atoms with Gasteiger partial charge in [-0.05, 0) is 49.9 Å². The van der Waals surface area contributed by atoms with Gasteiger partial charge in [0.25, 0.3) is 5.56 Å². The minimum Gasteiger partial charge on any atom is -0.494 e. The highest BCUT2D eigenvalue weighted by molar-refractivity contribution is 6.04. The van der Waals surface area contributed by atoms with Gasteiger partial charge in [0.15, 0.2) is 0 Å². The lowest BCUT2D eigenvalue weighted by molar-refractivity contribution is -0.123. The van der Waals surface area contributed by atoms with Crippen molar-refractivity contribution < 1.29 is 14.3 Å². The number of piperidine rings is 1. The van der Waals surface area contributed by atoms with Crippen molar-refractivity contribution in [3.05, 3.63) is 52.3 Å². The Balaban J connectivity index is 1.54. The van der Waals surface area contributed by atoms with Crippen LogP contribution in [0.3, 0.4) is 0 Å². The summed E-state index contributed by atoms with van der Waals surface area (Å²) in [7, 11) is 0. The van der Waals surface area contributed by atoms with Crippen LogP contribution < -0.4 is 21.1 Å². The van der Waals surface area contributed by atoms with Crippen LogP contribution in [-0.4, -0.2) is 41.5 Å². The molecule has 0 saturated carbocycles. The average molecular weight is 452 g/mol. The first-order valence-electron chi connectivity index (χ1n) is 11.3. The molecule has 1 fully saturated rings. The monoisotopic (exact) mass is 451 g/mol. The topological polar surface area (TPSA) is 116 Å². The van der Waals surface area contributed by atoms with Gasteiger partial charge in [-0.1, -0.05) is 13.5 Å². The summed E-state index contributed by atoms with van der Waals surface area (Å²) in [6.45, 7) is 10.0. The van der Waals surface area contributed by atoms with Crippen LogP contribution in [-0.2, 0) is 14.3 Å². The summed E-state index contributed by atoms with van der Waals surface area (Å²) in [6.07, 6.45) is 1.90. The zero-order chi connectivity index (χ0) is 23.5. The smallest absolute Gasteiger partial charge is 0.258 e. The third-order valence-electron chi connectivity index (χ3n) is 6.13. The zero-order valence-electron chi connectivity index (χ0n) is 18.9. The van der Waals surface area contributed by atoms with Crippen molar-refractivity contribution in [2.24, 2.45) is 5.92 Å². The van der Waals surface area contributed by atoms with Gasteiger partial charge in [-0.2, -0.15) is 4.98 Å². The molecule has 3 N–H and O–H groups in total. The van der Waals surface area contributed by atoms with Gasteiger partial charge >= 0.3 is 0 Å². The lowest BCUT2D eigenvalue weighted by Gasteiger charge is -2.31. The summed E-state index contributed by atoms with van der Waals surface area (Å²) in [5, 5.41) is 5.47. The molecule has 0 spiro atoms. The molecule has 33 heavy (non-hydrogen) atoms. The second kappa shape index (κ2) is 9.48.